The Labute approximate surface area is 168 Å². The zero-order chi connectivity index (χ0) is 20.4. The zero-order valence-corrected chi connectivity index (χ0v) is 17.7. The Bertz CT molecular complexity index is 708. The molecule has 28 heavy (non-hydrogen) atoms. The zero-order valence-electron chi connectivity index (χ0n) is 16.8. The maximum atomic E-state index is 12.5. The van der Waals surface area contributed by atoms with E-state index >= 15 is 0 Å². The summed E-state index contributed by atoms with van der Waals surface area (Å²) in [5, 5.41) is 3.26. The number of rotatable bonds is 10. The molecular weight excluding hydrogens is 380 g/mol. The average Bonchev–Trinajstić information content (AvgIpc) is 3.17. The van der Waals surface area contributed by atoms with Gasteiger partial charge in [-0.15, -0.1) is 6.58 Å². The van der Waals surface area contributed by atoms with Crippen molar-refractivity contribution in [1.29, 1.82) is 0 Å². The molecule has 1 aromatic heterocycles. The second-order valence-corrected chi connectivity index (χ2v) is 8.91. The van der Waals surface area contributed by atoms with Crippen LogP contribution in [-0.2, 0) is 21.2 Å². The summed E-state index contributed by atoms with van der Waals surface area (Å²) in [6, 6.07) is 3.79. The molecule has 1 N–H and O–H groups in total. The van der Waals surface area contributed by atoms with Crippen LogP contribution in [0.1, 0.15) is 19.6 Å². The highest BCUT2D eigenvalue weighted by atomic mass is 32.2. The van der Waals surface area contributed by atoms with Crippen molar-refractivity contribution in [2.45, 2.75) is 26.4 Å². The molecule has 0 unspecified atom stereocenters. The molecular formula is C19H32N4O4S. The number of sulfonamides is 1. The van der Waals surface area contributed by atoms with E-state index in [0.29, 0.717) is 39.3 Å². The molecule has 1 fully saturated rings. The minimum Gasteiger partial charge on any atom is -0.469 e. The van der Waals surface area contributed by atoms with Crippen molar-refractivity contribution < 1.29 is 17.6 Å². The number of hydrogen-bond acceptors (Lipinski definition) is 5. The van der Waals surface area contributed by atoms with Crippen molar-refractivity contribution >= 4 is 16.0 Å². The van der Waals surface area contributed by atoms with E-state index < -0.39 is 10.0 Å². The molecule has 0 bridgehead atoms. The van der Waals surface area contributed by atoms with Gasteiger partial charge in [-0.2, -0.15) is 4.31 Å². The lowest BCUT2D eigenvalue weighted by molar-refractivity contribution is 0.0904. The molecule has 0 aliphatic carbocycles. The maximum Gasteiger partial charge on any atom is 0.216 e. The Balaban J connectivity index is 1.88. The Morgan fingerprint density at radius 2 is 2.14 bits per heavy atom. The molecule has 2 heterocycles. The number of guanidine groups is 1. The second-order valence-electron chi connectivity index (χ2n) is 6.83. The summed E-state index contributed by atoms with van der Waals surface area (Å²) in [5.41, 5.74) is 0. The van der Waals surface area contributed by atoms with Crippen molar-refractivity contribution in [3.05, 3.63) is 36.8 Å². The number of piperazine rings is 1. The fourth-order valence-electron chi connectivity index (χ4n) is 2.85. The lowest BCUT2D eigenvalue weighted by Crippen LogP contribution is -2.54. The Hall–Kier alpha value is -1.84. The first-order valence-electron chi connectivity index (χ1n) is 9.68. The third kappa shape index (κ3) is 7.29. The standard InChI is InChI=1S/C19H32N4O4S/c1-4-8-20-19(21-9-7-18-6-5-14-27-18)22-10-12-23(13-11-22)28(24,25)16-15-26-17(2)3/h4-6,14,17H,1,7-13,15-16H2,2-3H3,(H,20,21). The molecule has 9 heteroatoms. The lowest BCUT2D eigenvalue weighted by Gasteiger charge is -2.36. The summed E-state index contributed by atoms with van der Waals surface area (Å²) in [5.74, 6) is 1.68. The third-order valence-electron chi connectivity index (χ3n) is 4.33. The summed E-state index contributed by atoms with van der Waals surface area (Å²) >= 11 is 0. The van der Waals surface area contributed by atoms with Crippen LogP contribution in [0, 0.1) is 0 Å². The van der Waals surface area contributed by atoms with Gasteiger partial charge in [-0.05, 0) is 26.0 Å². The fraction of sp³-hybridized carbons (Fsp3) is 0.632. The first-order valence-corrected chi connectivity index (χ1v) is 11.3. The molecule has 0 amide bonds. The fourth-order valence-corrected chi connectivity index (χ4v) is 4.14. The van der Waals surface area contributed by atoms with E-state index in [4.69, 9.17) is 9.15 Å². The SMILES string of the molecule is C=CCNC(=NCCc1ccco1)N1CCN(S(=O)(=O)CCOC(C)C)CC1. The van der Waals surface area contributed by atoms with E-state index in [-0.39, 0.29) is 18.5 Å². The minimum absolute atomic E-state index is 0.0178. The Morgan fingerprint density at radius 1 is 1.39 bits per heavy atom. The van der Waals surface area contributed by atoms with Gasteiger partial charge in [0.25, 0.3) is 0 Å². The van der Waals surface area contributed by atoms with Crippen LogP contribution in [0.4, 0.5) is 0 Å². The third-order valence-corrected chi connectivity index (χ3v) is 6.16. The summed E-state index contributed by atoms with van der Waals surface area (Å²) < 4.78 is 37.2. The van der Waals surface area contributed by atoms with Crippen LogP contribution in [0.5, 0.6) is 0 Å². The molecule has 1 aromatic rings. The van der Waals surface area contributed by atoms with Crippen molar-refractivity contribution in [2.24, 2.45) is 4.99 Å². The topological polar surface area (TPSA) is 87.4 Å². The highest BCUT2D eigenvalue weighted by Gasteiger charge is 2.28. The maximum absolute atomic E-state index is 12.5. The van der Waals surface area contributed by atoms with Crippen LogP contribution in [0.15, 0.2) is 40.5 Å². The highest BCUT2D eigenvalue weighted by molar-refractivity contribution is 7.89. The van der Waals surface area contributed by atoms with E-state index in [0.717, 1.165) is 18.1 Å². The molecule has 158 valence electrons. The summed E-state index contributed by atoms with van der Waals surface area (Å²) in [6.45, 7) is 11.0. The summed E-state index contributed by atoms with van der Waals surface area (Å²) in [4.78, 5) is 6.74. The van der Waals surface area contributed by atoms with Crippen LogP contribution >= 0.6 is 0 Å². The molecule has 0 aromatic carbocycles. The van der Waals surface area contributed by atoms with E-state index in [2.05, 4.69) is 21.8 Å². The largest absolute Gasteiger partial charge is 0.469 e. The van der Waals surface area contributed by atoms with Gasteiger partial charge in [-0.3, -0.25) is 4.99 Å². The van der Waals surface area contributed by atoms with Crippen LogP contribution in [0.2, 0.25) is 0 Å². The number of furan rings is 1. The van der Waals surface area contributed by atoms with Gasteiger partial charge in [0.2, 0.25) is 10.0 Å². The lowest BCUT2D eigenvalue weighted by atomic mass is 10.3. The second kappa shape index (κ2) is 11.2. The molecule has 1 aliphatic heterocycles. The van der Waals surface area contributed by atoms with Crippen LogP contribution in [0.3, 0.4) is 0 Å². The predicted molar refractivity (Wildman–Crippen MR) is 111 cm³/mol. The van der Waals surface area contributed by atoms with Gasteiger partial charge in [-0.25, -0.2) is 8.42 Å². The molecule has 1 aliphatic rings. The van der Waals surface area contributed by atoms with Crippen molar-refractivity contribution in [3.8, 4) is 0 Å². The number of nitrogens with zero attached hydrogens (tertiary/aromatic N) is 3. The number of nitrogens with one attached hydrogen (secondary N) is 1. The van der Waals surface area contributed by atoms with E-state index in [1.165, 1.54) is 0 Å². The first-order chi connectivity index (χ1) is 13.4. The number of aliphatic imine (C=N–C) groups is 1. The minimum atomic E-state index is -3.30. The van der Waals surface area contributed by atoms with E-state index in [9.17, 15) is 8.42 Å². The Kier molecular flexibility index (Phi) is 9.01. The van der Waals surface area contributed by atoms with Crippen LogP contribution in [-0.4, -0.2) is 81.3 Å². The Morgan fingerprint density at radius 3 is 2.75 bits per heavy atom. The summed E-state index contributed by atoms with van der Waals surface area (Å²) in [6.07, 6.45) is 4.18. The van der Waals surface area contributed by atoms with Crippen LogP contribution < -0.4 is 5.32 Å². The molecule has 0 spiro atoms. The molecule has 1 saturated heterocycles. The predicted octanol–water partition coefficient (Wildman–Crippen LogP) is 1.33. The normalized spacial score (nSPS) is 16.5. The smallest absolute Gasteiger partial charge is 0.216 e. The average molecular weight is 413 g/mol. The first kappa shape index (κ1) is 22.4. The van der Waals surface area contributed by atoms with E-state index in [1.54, 1.807) is 16.6 Å². The van der Waals surface area contributed by atoms with Gasteiger partial charge in [0.05, 0.1) is 24.7 Å². The van der Waals surface area contributed by atoms with Crippen molar-refractivity contribution in [1.82, 2.24) is 14.5 Å². The van der Waals surface area contributed by atoms with Gasteiger partial charge in [0.1, 0.15) is 5.76 Å². The van der Waals surface area contributed by atoms with Gasteiger partial charge in [0, 0.05) is 45.7 Å². The molecule has 8 nitrogen and oxygen atoms in total. The van der Waals surface area contributed by atoms with Crippen molar-refractivity contribution in [2.75, 3.05) is 51.6 Å². The molecule has 2 rings (SSSR count). The van der Waals surface area contributed by atoms with Gasteiger partial charge >= 0.3 is 0 Å². The van der Waals surface area contributed by atoms with Gasteiger partial charge < -0.3 is 19.4 Å². The molecule has 0 saturated carbocycles. The highest BCUT2D eigenvalue weighted by Crippen LogP contribution is 2.09. The van der Waals surface area contributed by atoms with Crippen molar-refractivity contribution in [3.63, 3.8) is 0 Å². The quantitative estimate of drug-likeness (QED) is 0.354. The van der Waals surface area contributed by atoms with Crippen LogP contribution in [0.25, 0.3) is 0 Å². The molecule has 0 atom stereocenters. The summed E-state index contributed by atoms with van der Waals surface area (Å²) in [7, 11) is -3.30. The van der Waals surface area contributed by atoms with Gasteiger partial charge in [-0.1, -0.05) is 6.08 Å². The number of ether oxygens (including phenoxy) is 1. The van der Waals surface area contributed by atoms with E-state index in [1.807, 2.05) is 26.0 Å². The monoisotopic (exact) mass is 412 g/mol. The van der Waals surface area contributed by atoms with Gasteiger partial charge in [0.15, 0.2) is 5.96 Å². The molecule has 0 radical (unpaired) electrons. The number of hydrogen-bond donors (Lipinski definition) is 1.